The first kappa shape index (κ1) is 22.8. The number of non-ortho nitro benzene ring substituents is 1. The SMILES string of the molecule is CCOC(=O)c1nn(-c2cccc(C)c2)c(=O)c2c(NC(=O)c3ccc([N+](=O)[O-])cc3)scc12. The minimum absolute atomic E-state index is 0.0509. The van der Waals surface area contributed by atoms with Gasteiger partial charge in [-0.1, -0.05) is 12.1 Å². The summed E-state index contributed by atoms with van der Waals surface area (Å²) in [6.45, 7) is 3.65. The molecule has 0 atom stereocenters. The second kappa shape index (κ2) is 9.24. The van der Waals surface area contributed by atoms with Crippen LogP contribution in [0.5, 0.6) is 0 Å². The lowest BCUT2D eigenvalue weighted by Gasteiger charge is -2.10. The molecule has 172 valence electrons. The molecule has 1 amide bonds. The van der Waals surface area contributed by atoms with Crippen molar-refractivity contribution in [3.63, 3.8) is 0 Å². The summed E-state index contributed by atoms with van der Waals surface area (Å²) in [6.07, 6.45) is 0. The largest absolute Gasteiger partial charge is 0.461 e. The summed E-state index contributed by atoms with van der Waals surface area (Å²) >= 11 is 1.06. The number of carbonyl (C=O) groups is 2. The molecule has 0 aliphatic rings. The summed E-state index contributed by atoms with van der Waals surface area (Å²) in [5.74, 6) is -1.26. The molecule has 11 heteroatoms. The molecule has 2 heterocycles. The number of nitro groups is 1. The van der Waals surface area contributed by atoms with E-state index in [9.17, 15) is 24.5 Å². The van der Waals surface area contributed by atoms with Crippen LogP contribution in [0.25, 0.3) is 16.5 Å². The molecule has 0 fully saturated rings. The van der Waals surface area contributed by atoms with E-state index < -0.39 is 22.4 Å². The number of thiophene rings is 1. The van der Waals surface area contributed by atoms with Crippen molar-refractivity contribution in [3.8, 4) is 5.69 Å². The van der Waals surface area contributed by atoms with Gasteiger partial charge in [0.05, 0.1) is 22.6 Å². The van der Waals surface area contributed by atoms with Gasteiger partial charge >= 0.3 is 5.97 Å². The molecule has 2 aromatic carbocycles. The number of hydrogen-bond acceptors (Lipinski definition) is 8. The van der Waals surface area contributed by atoms with Gasteiger partial charge in [0.1, 0.15) is 5.00 Å². The van der Waals surface area contributed by atoms with Crippen LogP contribution >= 0.6 is 11.3 Å². The number of fused-ring (bicyclic) bond motifs is 1. The topological polar surface area (TPSA) is 133 Å². The summed E-state index contributed by atoms with van der Waals surface area (Å²) in [4.78, 5) is 49.1. The first-order chi connectivity index (χ1) is 16.3. The molecule has 0 aliphatic heterocycles. The number of aromatic nitrogens is 2. The monoisotopic (exact) mass is 478 g/mol. The molecule has 0 radical (unpaired) electrons. The van der Waals surface area contributed by atoms with Crippen molar-refractivity contribution in [2.24, 2.45) is 0 Å². The summed E-state index contributed by atoms with van der Waals surface area (Å²) in [6, 6.07) is 12.1. The van der Waals surface area contributed by atoms with E-state index in [0.717, 1.165) is 21.6 Å². The van der Waals surface area contributed by atoms with Gasteiger partial charge in [0.2, 0.25) is 0 Å². The number of hydrogen-bond donors (Lipinski definition) is 1. The maximum Gasteiger partial charge on any atom is 0.359 e. The Hall–Kier alpha value is -4.38. The number of nitrogens with one attached hydrogen (secondary N) is 1. The van der Waals surface area contributed by atoms with Crippen LogP contribution in [-0.4, -0.2) is 33.2 Å². The number of rotatable bonds is 6. The predicted octanol–water partition coefficient (Wildman–Crippen LogP) is 4.09. The van der Waals surface area contributed by atoms with E-state index in [0.29, 0.717) is 5.69 Å². The highest BCUT2D eigenvalue weighted by molar-refractivity contribution is 7.16. The van der Waals surface area contributed by atoms with Gasteiger partial charge in [-0.15, -0.1) is 11.3 Å². The Kier molecular flexibility index (Phi) is 6.19. The molecule has 2 aromatic heterocycles. The fourth-order valence-corrected chi connectivity index (χ4v) is 4.27. The summed E-state index contributed by atoms with van der Waals surface area (Å²) < 4.78 is 6.23. The maximum atomic E-state index is 13.4. The van der Waals surface area contributed by atoms with E-state index >= 15 is 0 Å². The molecule has 0 saturated carbocycles. The summed E-state index contributed by atoms with van der Waals surface area (Å²) in [5.41, 5.74) is 0.798. The Morgan fingerprint density at radius 2 is 1.94 bits per heavy atom. The van der Waals surface area contributed by atoms with Gasteiger partial charge in [-0.3, -0.25) is 19.7 Å². The third kappa shape index (κ3) is 4.28. The van der Waals surface area contributed by atoms with Crippen LogP contribution < -0.4 is 10.9 Å². The highest BCUT2D eigenvalue weighted by Crippen LogP contribution is 2.31. The summed E-state index contributed by atoms with van der Waals surface area (Å²) in [7, 11) is 0. The summed E-state index contributed by atoms with van der Waals surface area (Å²) in [5, 5.41) is 19.9. The molecule has 10 nitrogen and oxygen atoms in total. The molecule has 0 saturated heterocycles. The zero-order valence-electron chi connectivity index (χ0n) is 18.1. The fraction of sp³-hybridized carbons (Fsp3) is 0.130. The van der Waals surface area contributed by atoms with Gasteiger partial charge in [-0.25, -0.2) is 4.79 Å². The Morgan fingerprint density at radius 3 is 2.59 bits per heavy atom. The molecule has 4 rings (SSSR count). The highest BCUT2D eigenvalue weighted by Gasteiger charge is 2.23. The molecule has 0 aliphatic carbocycles. The molecule has 0 unspecified atom stereocenters. The van der Waals surface area contributed by atoms with Crippen LogP contribution in [0, 0.1) is 17.0 Å². The molecule has 1 N–H and O–H groups in total. The Labute approximate surface area is 196 Å². The second-order valence-electron chi connectivity index (χ2n) is 7.24. The van der Waals surface area contributed by atoms with Gasteiger partial charge < -0.3 is 10.1 Å². The fourth-order valence-electron chi connectivity index (χ4n) is 3.34. The van der Waals surface area contributed by atoms with Crippen LogP contribution in [0.1, 0.15) is 33.3 Å². The quantitative estimate of drug-likeness (QED) is 0.251. The van der Waals surface area contributed by atoms with Crippen molar-refractivity contribution >= 4 is 44.7 Å². The lowest BCUT2D eigenvalue weighted by Crippen LogP contribution is -2.25. The zero-order valence-corrected chi connectivity index (χ0v) is 18.9. The van der Waals surface area contributed by atoms with Crippen molar-refractivity contribution in [2.75, 3.05) is 11.9 Å². The minimum atomic E-state index is -0.694. The van der Waals surface area contributed by atoms with Crippen molar-refractivity contribution < 1.29 is 19.2 Å². The van der Waals surface area contributed by atoms with Gasteiger partial charge in [0, 0.05) is 28.5 Å². The van der Waals surface area contributed by atoms with Crippen LogP contribution in [-0.2, 0) is 4.74 Å². The predicted molar refractivity (Wildman–Crippen MR) is 127 cm³/mol. The van der Waals surface area contributed by atoms with E-state index in [4.69, 9.17) is 4.74 Å². The van der Waals surface area contributed by atoms with E-state index in [2.05, 4.69) is 10.4 Å². The number of benzene rings is 2. The van der Waals surface area contributed by atoms with Crippen LogP contribution in [0.15, 0.2) is 58.7 Å². The number of amides is 1. The van der Waals surface area contributed by atoms with Gasteiger partial charge in [0.15, 0.2) is 5.69 Å². The van der Waals surface area contributed by atoms with Gasteiger partial charge in [0.25, 0.3) is 17.2 Å². The van der Waals surface area contributed by atoms with Gasteiger partial charge in [-0.2, -0.15) is 9.78 Å². The highest BCUT2D eigenvalue weighted by atomic mass is 32.1. The van der Waals surface area contributed by atoms with Crippen molar-refractivity contribution in [3.05, 3.63) is 91.2 Å². The smallest absolute Gasteiger partial charge is 0.359 e. The zero-order chi connectivity index (χ0) is 24.4. The van der Waals surface area contributed by atoms with Crippen LogP contribution in [0.2, 0.25) is 0 Å². The number of ether oxygens (including phenoxy) is 1. The van der Waals surface area contributed by atoms with Gasteiger partial charge in [-0.05, 0) is 43.7 Å². The average Bonchev–Trinajstić information content (AvgIpc) is 3.23. The number of nitrogens with zero attached hydrogens (tertiary/aromatic N) is 3. The second-order valence-corrected chi connectivity index (χ2v) is 8.12. The van der Waals surface area contributed by atoms with E-state index in [-0.39, 0.29) is 39.3 Å². The molecule has 0 bridgehead atoms. The van der Waals surface area contributed by atoms with Crippen molar-refractivity contribution in [1.29, 1.82) is 0 Å². The van der Waals surface area contributed by atoms with Crippen molar-refractivity contribution in [1.82, 2.24) is 9.78 Å². The standard InChI is InChI=1S/C23H18N4O6S/c1-3-33-23(30)19-17-12-34-21(24-20(28)14-7-9-15(10-8-14)27(31)32)18(17)22(29)26(25-19)16-6-4-5-13(2)11-16/h4-12H,3H2,1-2H3,(H,24,28). The first-order valence-electron chi connectivity index (χ1n) is 10.1. The number of esters is 1. The first-order valence-corrected chi connectivity index (χ1v) is 11.0. The van der Waals surface area contributed by atoms with Crippen LogP contribution in [0.4, 0.5) is 10.7 Å². The Morgan fingerprint density at radius 1 is 1.21 bits per heavy atom. The van der Waals surface area contributed by atoms with E-state index in [1.807, 2.05) is 13.0 Å². The molecule has 34 heavy (non-hydrogen) atoms. The molecular weight excluding hydrogens is 460 g/mol. The number of aryl methyl sites for hydroxylation is 1. The Bertz CT molecular complexity index is 1490. The van der Waals surface area contributed by atoms with E-state index in [1.54, 1.807) is 30.5 Å². The number of anilines is 1. The Balaban J connectivity index is 1.83. The molecule has 0 spiro atoms. The maximum absolute atomic E-state index is 13.4. The number of carbonyl (C=O) groups excluding carboxylic acids is 2. The van der Waals surface area contributed by atoms with E-state index in [1.165, 1.54) is 24.3 Å². The minimum Gasteiger partial charge on any atom is -0.461 e. The van der Waals surface area contributed by atoms with Crippen LogP contribution in [0.3, 0.4) is 0 Å². The normalized spacial score (nSPS) is 10.8. The van der Waals surface area contributed by atoms with Crippen molar-refractivity contribution in [2.45, 2.75) is 13.8 Å². The molecular formula is C23H18N4O6S. The average molecular weight is 478 g/mol. The third-order valence-electron chi connectivity index (χ3n) is 4.93. The lowest BCUT2D eigenvalue weighted by molar-refractivity contribution is -0.384. The lowest BCUT2D eigenvalue weighted by atomic mass is 10.2. The number of nitro benzene ring substituents is 1. The molecule has 4 aromatic rings. The third-order valence-corrected chi connectivity index (χ3v) is 5.83.